The van der Waals surface area contributed by atoms with E-state index in [1.165, 1.54) is 0 Å². The molecule has 1 aliphatic heterocycles. The molecular formula is C13H14Br2O3. The molecule has 0 aromatic heterocycles. The van der Waals surface area contributed by atoms with Crippen LogP contribution in [0.4, 0.5) is 0 Å². The van der Waals surface area contributed by atoms with Gasteiger partial charge in [0.1, 0.15) is 22.3 Å². The molecule has 0 unspecified atom stereocenters. The van der Waals surface area contributed by atoms with Crippen LogP contribution in [0.1, 0.15) is 18.6 Å². The minimum absolute atomic E-state index is 0.0696. The van der Waals surface area contributed by atoms with Crippen molar-refractivity contribution in [3.8, 4) is 5.75 Å². The Balaban J connectivity index is 2.26. The largest absolute Gasteiger partial charge is 0.497 e. The standard InChI is InChI=1S/C13H14Br2O3/c1-13(7-14)12(16)10(15)11(18-13)8-3-5-9(17-2)6-4-8/h3-6,10-11H,7H2,1-2H3/t10-,11+,13+/m1/s1. The highest BCUT2D eigenvalue weighted by molar-refractivity contribution is 9.10. The molecule has 1 aromatic rings. The number of halogens is 2. The molecule has 0 radical (unpaired) electrons. The summed E-state index contributed by atoms with van der Waals surface area (Å²) in [5.41, 5.74) is 0.203. The lowest BCUT2D eigenvalue weighted by Gasteiger charge is -2.20. The van der Waals surface area contributed by atoms with Gasteiger partial charge in [-0.25, -0.2) is 0 Å². The minimum atomic E-state index is -0.765. The van der Waals surface area contributed by atoms with Gasteiger partial charge in [-0.1, -0.05) is 44.0 Å². The molecular weight excluding hydrogens is 364 g/mol. The van der Waals surface area contributed by atoms with E-state index in [0.717, 1.165) is 11.3 Å². The predicted molar refractivity (Wildman–Crippen MR) is 76.7 cm³/mol. The smallest absolute Gasteiger partial charge is 0.181 e. The van der Waals surface area contributed by atoms with Crippen LogP contribution in [0.5, 0.6) is 5.75 Å². The first-order valence-electron chi connectivity index (χ1n) is 5.58. The molecule has 3 atom stereocenters. The van der Waals surface area contributed by atoms with Crippen LogP contribution in [-0.4, -0.2) is 28.7 Å². The van der Waals surface area contributed by atoms with Crippen LogP contribution in [0.2, 0.25) is 0 Å². The Morgan fingerprint density at radius 3 is 2.44 bits per heavy atom. The van der Waals surface area contributed by atoms with E-state index in [1.807, 2.05) is 31.2 Å². The maximum absolute atomic E-state index is 12.1. The van der Waals surface area contributed by atoms with E-state index in [2.05, 4.69) is 31.9 Å². The summed E-state index contributed by atoms with van der Waals surface area (Å²) in [7, 11) is 1.62. The molecule has 1 aliphatic rings. The van der Waals surface area contributed by atoms with Crippen molar-refractivity contribution in [2.24, 2.45) is 0 Å². The third-order valence-electron chi connectivity index (χ3n) is 3.12. The number of ether oxygens (including phenoxy) is 2. The summed E-state index contributed by atoms with van der Waals surface area (Å²) >= 11 is 6.77. The van der Waals surface area contributed by atoms with Gasteiger partial charge in [0, 0.05) is 5.33 Å². The number of hydrogen-bond donors (Lipinski definition) is 0. The van der Waals surface area contributed by atoms with E-state index in [1.54, 1.807) is 7.11 Å². The van der Waals surface area contributed by atoms with E-state index in [0.29, 0.717) is 5.33 Å². The highest BCUT2D eigenvalue weighted by Gasteiger charge is 2.50. The molecule has 0 N–H and O–H groups in total. The SMILES string of the molecule is COc1ccc([C@@H]2O[C@@](C)(CBr)C(=O)[C@@H]2Br)cc1. The first kappa shape index (κ1) is 14.0. The Bertz CT molecular complexity index is 446. The number of carbonyl (C=O) groups excluding carboxylic acids is 1. The van der Waals surface area contributed by atoms with Crippen molar-refractivity contribution in [1.82, 2.24) is 0 Å². The summed E-state index contributed by atoms with van der Waals surface area (Å²) in [5, 5.41) is 0.494. The first-order valence-corrected chi connectivity index (χ1v) is 7.61. The zero-order valence-corrected chi connectivity index (χ0v) is 13.3. The van der Waals surface area contributed by atoms with Crippen molar-refractivity contribution in [3.63, 3.8) is 0 Å². The quantitative estimate of drug-likeness (QED) is 0.758. The Morgan fingerprint density at radius 2 is 2.00 bits per heavy atom. The fourth-order valence-corrected chi connectivity index (χ4v) is 3.26. The number of carbonyl (C=O) groups is 1. The van der Waals surface area contributed by atoms with Crippen LogP contribution in [-0.2, 0) is 9.53 Å². The van der Waals surface area contributed by atoms with E-state index >= 15 is 0 Å². The molecule has 0 bridgehead atoms. The molecule has 2 rings (SSSR count). The Hall–Kier alpha value is -0.390. The maximum atomic E-state index is 12.1. The van der Waals surface area contributed by atoms with Crippen LogP contribution in [0.15, 0.2) is 24.3 Å². The Morgan fingerprint density at radius 1 is 1.39 bits per heavy atom. The fraction of sp³-hybridized carbons (Fsp3) is 0.462. The highest BCUT2D eigenvalue weighted by Crippen LogP contribution is 2.42. The van der Waals surface area contributed by atoms with Crippen molar-refractivity contribution in [2.45, 2.75) is 23.5 Å². The van der Waals surface area contributed by atoms with E-state index in [4.69, 9.17) is 9.47 Å². The molecule has 0 saturated carbocycles. The molecule has 1 aromatic carbocycles. The third-order valence-corrected chi connectivity index (χ3v) is 5.09. The van der Waals surface area contributed by atoms with Crippen molar-refractivity contribution in [1.29, 1.82) is 0 Å². The van der Waals surface area contributed by atoms with E-state index in [9.17, 15) is 4.79 Å². The monoisotopic (exact) mass is 376 g/mol. The van der Waals surface area contributed by atoms with Gasteiger partial charge in [-0.2, -0.15) is 0 Å². The van der Waals surface area contributed by atoms with Crippen molar-refractivity contribution in [2.75, 3.05) is 12.4 Å². The molecule has 3 nitrogen and oxygen atoms in total. The third kappa shape index (κ3) is 2.36. The van der Waals surface area contributed by atoms with Crippen LogP contribution >= 0.6 is 31.9 Å². The number of methoxy groups -OCH3 is 1. The second-order valence-corrected chi connectivity index (χ2v) is 5.99. The number of hydrogen-bond acceptors (Lipinski definition) is 3. The van der Waals surface area contributed by atoms with Gasteiger partial charge >= 0.3 is 0 Å². The van der Waals surface area contributed by atoms with Crippen LogP contribution in [0, 0.1) is 0 Å². The second-order valence-electron chi connectivity index (χ2n) is 4.44. The topological polar surface area (TPSA) is 35.5 Å². The van der Waals surface area contributed by atoms with Crippen LogP contribution < -0.4 is 4.74 Å². The summed E-state index contributed by atoms with van der Waals surface area (Å²) < 4.78 is 11.0. The van der Waals surface area contributed by atoms with Gasteiger partial charge in [-0.3, -0.25) is 4.79 Å². The van der Waals surface area contributed by atoms with Gasteiger partial charge in [-0.15, -0.1) is 0 Å². The summed E-state index contributed by atoms with van der Waals surface area (Å²) in [6, 6.07) is 7.58. The number of alkyl halides is 2. The van der Waals surface area contributed by atoms with Gasteiger partial charge in [0.05, 0.1) is 7.11 Å². The van der Waals surface area contributed by atoms with E-state index < -0.39 is 5.60 Å². The molecule has 0 spiro atoms. The highest BCUT2D eigenvalue weighted by atomic mass is 79.9. The minimum Gasteiger partial charge on any atom is -0.497 e. The van der Waals surface area contributed by atoms with Crippen molar-refractivity contribution >= 4 is 37.6 Å². The Kier molecular flexibility index (Phi) is 4.14. The fourth-order valence-electron chi connectivity index (χ4n) is 1.96. The summed E-state index contributed by atoms with van der Waals surface area (Å²) in [4.78, 5) is 11.8. The predicted octanol–water partition coefficient (Wildman–Crippen LogP) is 3.25. The van der Waals surface area contributed by atoms with Crippen LogP contribution in [0.3, 0.4) is 0 Å². The first-order chi connectivity index (χ1) is 8.51. The van der Waals surface area contributed by atoms with E-state index in [-0.39, 0.29) is 16.7 Å². The molecule has 1 fully saturated rings. The molecule has 1 saturated heterocycles. The lowest BCUT2D eigenvalue weighted by atomic mass is 10.0. The molecule has 5 heteroatoms. The number of benzene rings is 1. The zero-order valence-electron chi connectivity index (χ0n) is 10.2. The average molecular weight is 378 g/mol. The van der Waals surface area contributed by atoms with Gasteiger partial charge < -0.3 is 9.47 Å². The maximum Gasteiger partial charge on any atom is 0.181 e. The van der Waals surface area contributed by atoms with Crippen LogP contribution in [0.25, 0.3) is 0 Å². The number of ketones is 1. The van der Waals surface area contributed by atoms with Crippen molar-refractivity contribution in [3.05, 3.63) is 29.8 Å². The summed E-state index contributed by atoms with van der Waals surface area (Å²) in [6.45, 7) is 1.81. The Labute approximate surface area is 123 Å². The zero-order chi connectivity index (χ0) is 13.3. The average Bonchev–Trinajstić information content (AvgIpc) is 2.64. The van der Waals surface area contributed by atoms with Gasteiger partial charge in [-0.05, 0) is 24.6 Å². The summed E-state index contributed by atoms with van der Waals surface area (Å²) in [5.74, 6) is 0.859. The molecule has 98 valence electrons. The summed E-state index contributed by atoms with van der Waals surface area (Å²) in [6.07, 6.45) is -0.258. The second kappa shape index (κ2) is 5.31. The van der Waals surface area contributed by atoms with Gasteiger partial charge in [0.25, 0.3) is 0 Å². The molecule has 18 heavy (non-hydrogen) atoms. The lowest BCUT2D eigenvalue weighted by Crippen LogP contribution is -2.35. The molecule has 1 heterocycles. The molecule has 0 aliphatic carbocycles. The lowest BCUT2D eigenvalue weighted by molar-refractivity contribution is -0.128. The normalized spacial score (nSPS) is 31.7. The number of rotatable bonds is 3. The molecule has 0 amide bonds. The van der Waals surface area contributed by atoms with Gasteiger partial charge in [0.2, 0.25) is 0 Å². The van der Waals surface area contributed by atoms with Crippen molar-refractivity contribution < 1.29 is 14.3 Å². The van der Waals surface area contributed by atoms with Gasteiger partial charge in [0.15, 0.2) is 5.78 Å². The number of Topliss-reactive ketones (excluding diaryl/α,β-unsaturated/α-hetero) is 1.